The number of hydrogen-bond donors (Lipinski definition) is 2. The van der Waals surface area contributed by atoms with Gasteiger partial charge in [0.25, 0.3) is 0 Å². The van der Waals surface area contributed by atoms with E-state index in [2.05, 4.69) is 5.32 Å². The number of amides is 2. The molecular weight excluding hydrogens is 349 g/mol. The predicted molar refractivity (Wildman–Crippen MR) is 87.3 cm³/mol. The zero-order chi connectivity index (χ0) is 19.1. The molecule has 5 nitrogen and oxygen atoms in total. The number of carbonyl (C=O) groups is 2. The maximum atomic E-state index is 12.7. The van der Waals surface area contributed by atoms with Crippen molar-refractivity contribution in [3.63, 3.8) is 0 Å². The molecule has 26 heavy (non-hydrogen) atoms. The van der Waals surface area contributed by atoms with Crippen LogP contribution in [0.5, 0.6) is 0 Å². The average Bonchev–Trinajstić information content (AvgIpc) is 2.90. The molecule has 0 aromatic heterocycles. The molecule has 3 rings (SSSR count). The van der Waals surface area contributed by atoms with Crippen LogP contribution in [0.15, 0.2) is 18.2 Å². The second-order valence-corrected chi connectivity index (χ2v) is 6.90. The zero-order valence-corrected chi connectivity index (χ0v) is 14.5. The summed E-state index contributed by atoms with van der Waals surface area (Å²) in [5, 5.41) is 4.71. The Labute approximate surface area is 149 Å². The van der Waals surface area contributed by atoms with Crippen LogP contribution in [-0.2, 0) is 20.7 Å². The summed E-state index contributed by atoms with van der Waals surface area (Å²) >= 11 is 0. The van der Waals surface area contributed by atoms with E-state index >= 15 is 0 Å². The van der Waals surface area contributed by atoms with Crippen molar-refractivity contribution in [2.24, 2.45) is 5.92 Å². The maximum Gasteiger partial charge on any atom is 0.408 e. The van der Waals surface area contributed by atoms with E-state index in [1.165, 1.54) is 0 Å². The van der Waals surface area contributed by atoms with Crippen molar-refractivity contribution in [1.29, 1.82) is 0 Å². The summed E-state index contributed by atoms with van der Waals surface area (Å²) in [5.41, 5.74) is 3.07. The van der Waals surface area contributed by atoms with Gasteiger partial charge in [0.2, 0.25) is 11.8 Å². The minimum Gasteiger partial charge on any atom is -0.379 e. The molecule has 2 N–H and O–H groups in total. The Morgan fingerprint density at radius 1 is 1.31 bits per heavy atom. The quantitative estimate of drug-likeness (QED) is 0.802. The van der Waals surface area contributed by atoms with E-state index in [1.54, 1.807) is 7.11 Å². The molecule has 1 aliphatic carbocycles. The third kappa shape index (κ3) is 3.56. The summed E-state index contributed by atoms with van der Waals surface area (Å²) in [4.78, 5) is 24.6. The molecule has 8 heteroatoms. The minimum atomic E-state index is -4.50. The van der Waals surface area contributed by atoms with Gasteiger partial charge in [0.15, 0.2) is 0 Å². The van der Waals surface area contributed by atoms with Gasteiger partial charge in [-0.2, -0.15) is 13.2 Å². The van der Waals surface area contributed by atoms with Gasteiger partial charge < -0.3 is 15.4 Å². The average molecular weight is 370 g/mol. The minimum absolute atomic E-state index is 0.132. The van der Waals surface area contributed by atoms with Gasteiger partial charge in [0.1, 0.15) is 12.0 Å². The van der Waals surface area contributed by atoms with Crippen molar-refractivity contribution < 1.29 is 27.5 Å². The Hall–Kier alpha value is -2.09. The third-order valence-corrected chi connectivity index (χ3v) is 5.12. The smallest absolute Gasteiger partial charge is 0.379 e. The number of carbonyl (C=O) groups excluding carboxylic acids is 2. The molecule has 4 atom stereocenters. The molecule has 1 saturated heterocycles. The van der Waals surface area contributed by atoms with Gasteiger partial charge in [-0.3, -0.25) is 9.59 Å². The lowest BCUT2D eigenvalue weighted by molar-refractivity contribution is -0.171. The fourth-order valence-corrected chi connectivity index (χ4v) is 3.70. The first-order chi connectivity index (χ1) is 12.2. The molecular formula is C18H21F3N2O3. The van der Waals surface area contributed by atoms with E-state index in [0.29, 0.717) is 6.42 Å². The molecule has 2 aliphatic rings. The van der Waals surface area contributed by atoms with E-state index in [0.717, 1.165) is 16.7 Å². The van der Waals surface area contributed by atoms with E-state index in [9.17, 15) is 22.8 Å². The first-order valence-corrected chi connectivity index (χ1v) is 8.50. The van der Waals surface area contributed by atoms with E-state index in [-0.39, 0.29) is 18.9 Å². The number of aryl methyl sites for hydroxylation is 1. The third-order valence-electron chi connectivity index (χ3n) is 5.12. The number of alkyl halides is 3. The Morgan fingerprint density at radius 2 is 2.04 bits per heavy atom. The van der Waals surface area contributed by atoms with Crippen LogP contribution in [-0.4, -0.2) is 37.2 Å². The molecule has 0 radical (unpaired) electrons. The molecule has 1 aromatic carbocycles. The molecule has 1 aliphatic heterocycles. The van der Waals surface area contributed by atoms with Crippen molar-refractivity contribution in [2.75, 3.05) is 7.11 Å². The number of nitrogens with one attached hydrogen (secondary N) is 2. The lowest BCUT2D eigenvalue weighted by Gasteiger charge is -2.31. The molecule has 0 bridgehead atoms. The van der Waals surface area contributed by atoms with Gasteiger partial charge in [0, 0.05) is 13.5 Å². The number of fused-ring (bicyclic) bond motifs is 1. The van der Waals surface area contributed by atoms with Crippen LogP contribution in [0.25, 0.3) is 0 Å². The van der Waals surface area contributed by atoms with Crippen molar-refractivity contribution in [3.8, 4) is 0 Å². The highest BCUT2D eigenvalue weighted by Crippen LogP contribution is 2.35. The highest BCUT2D eigenvalue weighted by atomic mass is 19.4. The molecule has 0 spiro atoms. The SMILES string of the molecule is COC1Cc2cc(C)ccc2C1NC(=O)C1CCC(C(F)(F)F)NC1=O. The summed E-state index contributed by atoms with van der Waals surface area (Å²) in [6.45, 7) is 1.97. The van der Waals surface area contributed by atoms with Crippen molar-refractivity contribution in [1.82, 2.24) is 10.6 Å². The predicted octanol–water partition coefficient (Wildman–Crippen LogP) is 2.18. The fraction of sp³-hybridized carbons (Fsp3) is 0.556. The summed E-state index contributed by atoms with van der Waals surface area (Å²) in [7, 11) is 1.55. The van der Waals surface area contributed by atoms with Gasteiger partial charge in [-0.25, -0.2) is 0 Å². The largest absolute Gasteiger partial charge is 0.408 e. The zero-order valence-electron chi connectivity index (χ0n) is 14.5. The molecule has 1 heterocycles. The first kappa shape index (κ1) is 18.7. The highest BCUT2D eigenvalue weighted by Gasteiger charge is 2.46. The lowest BCUT2D eigenvalue weighted by atomic mass is 9.92. The molecule has 4 unspecified atom stereocenters. The number of hydrogen-bond acceptors (Lipinski definition) is 3. The first-order valence-electron chi connectivity index (χ1n) is 8.50. The Bertz CT molecular complexity index is 720. The number of benzene rings is 1. The second-order valence-electron chi connectivity index (χ2n) is 6.90. The summed E-state index contributed by atoms with van der Waals surface area (Å²) in [6, 6.07) is 3.55. The summed E-state index contributed by atoms with van der Waals surface area (Å²) in [6.07, 6.45) is -4.58. The number of halogens is 3. The van der Waals surface area contributed by atoms with Gasteiger partial charge in [-0.15, -0.1) is 0 Å². The van der Waals surface area contributed by atoms with E-state index in [1.807, 2.05) is 30.4 Å². The van der Waals surface area contributed by atoms with Crippen LogP contribution in [0.3, 0.4) is 0 Å². The van der Waals surface area contributed by atoms with Crippen molar-refractivity contribution >= 4 is 11.8 Å². The molecule has 0 saturated carbocycles. The van der Waals surface area contributed by atoms with Gasteiger partial charge in [0.05, 0.1) is 12.1 Å². The monoisotopic (exact) mass is 370 g/mol. The van der Waals surface area contributed by atoms with Crippen molar-refractivity contribution in [3.05, 3.63) is 34.9 Å². The standard InChI is InChI=1S/C18H21F3N2O3/c1-9-3-4-11-10(7-9)8-13(26-2)15(11)23-17(25)12-5-6-14(18(19,20)21)22-16(12)24/h3-4,7,12-15H,5-6,8H2,1-2H3,(H,22,24)(H,23,25). The number of piperidine rings is 1. The molecule has 1 fully saturated rings. The maximum absolute atomic E-state index is 12.7. The van der Waals surface area contributed by atoms with E-state index in [4.69, 9.17) is 4.74 Å². The van der Waals surface area contributed by atoms with Crippen LogP contribution in [0.2, 0.25) is 0 Å². The van der Waals surface area contributed by atoms with Crippen LogP contribution in [0, 0.1) is 12.8 Å². The molecule has 1 aromatic rings. The molecule has 2 amide bonds. The highest BCUT2D eigenvalue weighted by molar-refractivity contribution is 6.01. The summed E-state index contributed by atoms with van der Waals surface area (Å²) in [5.74, 6) is -2.57. The van der Waals surface area contributed by atoms with Crippen LogP contribution in [0.1, 0.15) is 35.6 Å². The van der Waals surface area contributed by atoms with Crippen LogP contribution in [0.4, 0.5) is 13.2 Å². The van der Waals surface area contributed by atoms with Gasteiger partial charge in [-0.05, 0) is 30.9 Å². The van der Waals surface area contributed by atoms with Gasteiger partial charge in [-0.1, -0.05) is 23.8 Å². The van der Waals surface area contributed by atoms with Gasteiger partial charge >= 0.3 is 6.18 Å². The normalized spacial score (nSPS) is 28.4. The fourth-order valence-electron chi connectivity index (χ4n) is 3.70. The Kier molecular flexibility index (Phi) is 4.96. The Balaban J connectivity index is 1.71. The molecule has 142 valence electrons. The summed E-state index contributed by atoms with van der Waals surface area (Å²) < 4.78 is 43.7. The van der Waals surface area contributed by atoms with E-state index < -0.39 is 36.0 Å². The number of methoxy groups -OCH3 is 1. The Morgan fingerprint density at radius 3 is 2.65 bits per heavy atom. The number of rotatable bonds is 3. The lowest BCUT2D eigenvalue weighted by Crippen LogP contribution is -2.55. The van der Waals surface area contributed by atoms with Crippen LogP contribution >= 0.6 is 0 Å². The topological polar surface area (TPSA) is 67.4 Å². The second kappa shape index (κ2) is 6.90. The van der Waals surface area contributed by atoms with Crippen molar-refractivity contribution in [2.45, 2.75) is 50.6 Å². The van der Waals surface area contributed by atoms with Crippen LogP contribution < -0.4 is 10.6 Å². The number of ether oxygens (including phenoxy) is 1.